The first-order valence-electron chi connectivity index (χ1n) is 7.12. The average Bonchev–Trinajstić information content (AvgIpc) is 2.29. The van der Waals surface area contributed by atoms with Crippen molar-refractivity contribution < 1.29 is 0 Å². The van der Waals surface area contributed by atoms with Crippen LogP contribution >= 0.6 is 0 Å². The highest BCUT2D eigenvalue weighted by Gasteiger charge is 1.95. The predicted octanol–water partition coefficient (Wildman–Crippen LogP) is 6.04. The molecule has 0 aliphatic carbocycles. The van der Waals surface area contributed by atoms with Gasteiger partial charge in [-0.05, 0) is 44.9 Å². The van der Waals surface area contributed by atoms with Crippen LogP contribution in [0.15, 0.2) is 24.3 Å². The van der Waals surface area contributed by atoms with E-state index in [1.54, 1.807) is 0 Å². The van der Waals surface area contributed by atoms with Crippen molar-refractivity contribution in [2.75, 3.05) is 0 Å². The molecule has 0 aromatic heterocycles. The topological polar surface area (TPSA) is 0 Å². The molecule has 0 aromatic carbocycles. The lowest BCUT2D eigenvalue weighted by atomic mass is 10.0. The number of hydrogen-bond acceptors (Lipinski definition) is 0. The number of hydrogen-bond donors (Lipinski definition) is 0. The van der Waals surface area contributed by atoms with Crippen molar-refractivity contribution in [1.82, 2.24) is 0 Å². The Balaban J connectivity index is 3.20. The Morgan fingerprint density at radius 3 is 2.19 bits per heavy atom. The lowest BCUT2D eigenvalue weighted by molar-refractivity contribution is 0.642. The molecule has 0 aromatic rings. The molecule has 0 atom stereocenters. The van der Waals surface area contributed by atoms with Gasteiger partial charge in [0, 0.05) is 0 Å². The largest absolute Gasteiger partial charge is 0.0999 e. The zero-order chi connectivity index (χ0) is 12.1. The molecule has 0 nitrogen and oxygen atoms in total. The van der Waals surface area contributed by atoms with Gasteiger partial charge < -0.3 is 0 Å². The van der Waals surface area contributed by atoms with Crippen molar-refractivity contribution in [3.8, 4) is 0 Å². The van der Waals surface area contributed by atoms with Gasteiger partial charge in [0.25, 0.3) is 0 Å². The maximum atomic E-state index is 4.17. The third-order valence-corrected chi connectivity index (χ3v) is 2.94. The van der Waals surface area contributed by atoms with Gasteiger partial charge in [0.15, 0.2) is 0 Å². The molecule has 0 saturated heterocycles. The Morgan fingerprint density at radius 2 is 1.56 bits per heavy atom. The molecular weight excluding hydrogens is 192 g/mol. The minimum atomic E-state index is 1.17. The van der Waals surface area contributed by atoms with Crippen molar-refractivity contribution in [2.24, 2.45) is 0 Å². The van der Waals surface area contributed by atoms with E-state index in [-0.39, 0.29) is 0 Å². The van der Waals surface area contributed by atoms with E-state index in [2.05, 4.69) is 32.6 Å². The van der Waals surface area contributed by atoms with Crippen LogP contribution < -0.4 is 0 Å². The van der Waals surface area contributed by atoms with E-state index in [1.807, 2.05) is 0 Å². The van der Waals surface area contributed by atoms with Crippen LogP contribution in [0.4, 0.5) is 0 Å². The molecule has 0 aliphatic rings. The molecule has 94 valence electrons. The van der Waals surface area contributed by atoms with Gasteiger partial charge in [-0.2, -0.15) is 0 Å². The third kappa shape index (κ3) is 11.6. The Hall–Kier alpha value is -0.520. The smallest absolute Gasteiger partial charge is 0.0323 e. The van der Waals surface area contributed by atoms with Crippen LogP contribution in [0.3, 0.4) is 0 Å². The van der Waals surface area contributed by atoms with Crippen LogP contribution in [-0.4, -0.2) is 0 Å². The average molecular weight is 222 g/mol. The van der Waals surface area contributed by atoms with Gasteiger partial charge in [0.1, 0.15) is 0 Å². The summed E-state index contributed by atoms with van der Waals surface area (Å²) in [5, 5.41) is 0. The van der Waals surface area contributed by atoms with Crippen LogP contribution in [0.5, 0.6) is 0 Å². The zero-order valence-electron chi connectivity index (χ0n) is 11.4. The second kappa shape index (κ2) is 12.5. The van der Waals surface area contributed by atoms with Crippen molar-refractivity contribution in [3.63, 3.8) is 0 Å². The van der Waals surface area contributed by atoms with Gasteiger partial charge in [0.05, 0.1) is 0 Å². The normalized spacial score (nSPS) is 11.1. The number of allylic oxidation sites excluding steroid dienone is 3. The molecule has 0 radical (unpaired) electrons. The minimum absolute atomic E-state index is 1.17. The van der Waals surface area contributed by atoms with Gasteiger partial charge in [-0.15, -0.1) is 0 Å². The Morgan fingerprint density at radius 1 is 0.875 bits per heavy atom. The van der Waals surface area contributed by atoms with Gasteiger partial charge in [-0.3, -0.25) is 0 Å². The highest BCUT2D eigenvalue weighted by molar-refractivity contribution is 4.93. The molecule has 0 amide bonds. The lowest BCUT2D eigenvalue weighted by Crippen LogP contribution is -1.84. The highest BCUT2D eigenvalue weighted by atomic mass is 14.0. The monoisotopic (exact) mass is 222 g/mol. The fraction of sp³-hybridized carbons (Fsp3) is 0.750. The zero-order valence-corrected chi connectivity index (χ0v) is 11.4. The molecular formula is C16H30. The summed E-state index contributed by atoms with van der Waals surface area (Å²) in [4.78, 5) is 0. The molecule has 0 heteroatoms. The van der Waals surface area contributed by atoms with Crippen LogP contribution in [0.2, 0.25) is 0 Å². The first-order chi connectivity index (χ1) is 7.81. The van der Waals surface area contributed by atoms with E-state index in [0.717, 1.165) is 0 Å². The SMILES string of the molecule is C=C(CCCCC=CCC)CCCCCC. The predicted molar refractivity (Wildman–Crippen MR) is 75.8 cm³/mol. The van der Waals surface area contributed by atoms with E-state index < -0.39 is 0 Å². The summed E-state index contributed by atoms with van der Waals surface area (Å²) >= 11 is 0. The molecule has 0 fully saturated rings. The molecule has 0 unspecified atom stereocenters. The van der Waals surface area contributed by atoms with E-state index in [4.69, 9.17) is 0 Å². The van der Waals surface area contributed by atoms with Gasteiger partial charge in [-0.25, -0.2) is 0 Å². The van der Waals surface area contributed by atoms with Crippen molar-refractivity contribution in [1.29, 1.82) is 0 Å². The fourth-order valence-electron chi connectivity index (χ4n) is 1.85. The summed E-state index contributed by atoms with van der Waals surface area (Å²) in [6.07, 6.45) is 17.6. The summed E-state index contributed by atoms with van der Waals surface area (Å²) < 4.78 is 0. The molecule has 0 rings (SSSR count). The van der Waals surface area contributed by atoms with Crippen LogP contribution in [-0.2, 0) is 0 Å². The Kier molecular flexibility index (Phi) is 12.1. The Bertz CT molecular complexity index is 176. The second-order valence-electron chi connectivity index (χ2n) is 4.69. The van der Waals surface area contributed by atoms with E-state index >= 15 is 0 Å². The highest BCUT2D eigenvalue weighted by Crippen LogP contribution is 2.15. The molecule has 0 saturated carbocycles. The van der Waals surface area contributed by atoms with E-state index in [0.29, 0.717) is 0 Å². The van der Waals surface area contributed by atoms with Crippen LogP contribution in [0, 0.1) is 0 Å². The van der Waals surface area contributed by atoms with Gasteiger partial charge in [0.2, 0.25) is 0 Å². The van der Waals surface area contributed by atoms with E-state index in [1.165, 1.54) is 69.8 Å². The lowest BCUT2D eigenvalue weighted by Gasteiger charge is -2.04. The second-order valence-corrected chi connectivity index (χ2v) is 4.69. The summed E-state index contributed by atoms with van der Waals surface area (Å²) in [5.41, 5.74) is 1.47. The summed E-state index contributed by atoms with van der Waals surface area (Å²) in [6, 6.07) is 0. The third-order valence-electron chi connectivity index (χ3n) is 2.94. The van der Waals surface area contributed by atoms with Crippen LogP contribution in [0.1, 0.15) is 78.1 Å². The van der Waals surface area contributed by atoms with Crippen molar-refractivity contribution in [3.05, 3.63) is 24.3 Å². The number of unbranched alkanes of at least 4 members (excludes halogenated alkanes) is 5. The fourth-order valence-corrected chi connectivity index (χ4v) is 1.85. The van der Waals surface area contributed by atoms with E-state index in [9.17, 15) is 0 Å². The summed E-state index contributed by atoms with van der Waals surface area (Å²) in [7, 11) is 0. The molecule has 0 N–H and O–H groups in total. The quantitative estimate of drug-likeness (QED) is 0.295. The first-order valence-corrected chi connectivity index (χ1v) is 7.12. The molecule has 0 heterocycles. The summed E-state index contributed by atoms with van der Waals surface area (Å²) in [6.45, 7) is 8.62. The molecule has 0 aliphatic heterocycles. The summed E-state index contributed by atoms with van der Waals surface area (Å²) in [5.74, 6) is 0. The molecule has 0 spiro atoms. The molecule has 0 bridgehead atoms. The Labute approximate surface area is 103 Å². The van der Waals surface area contributed by atoms with Crippen LogP contribution in [0.25, 0.3) is 0 Å². The van der Waals surface area contributed by atoms with Crippen molar-refractivity contribution >= 4 is 0 Å². The maximum Gasteiger partial charge on any atom is -0.0323 e. The van der Waals surface area contributed by atoms with Gasteiger partial charge >= 0.3 is 0 Å². The standard InChI is InChI=1S/C16H30/c1-4-6-8-10-11-13-15-16(3)14-12-9-7-5-2/h6,8H,3-5,7,9-15H2,1-2H3. The maximum absolute atomic E-state index is 4.17. The number of rotatable bonds is 11. The van der Waals surface area contributed by atoms with Gasteiger partial charge in [-0.1, -0.05) is 57.4 Å². The molecule has 16 heavy (non-hydrogen) atoms. The first kappa shape index (κ1) is 15.5. The van der Waals surface area contributed by atoms with Crippen molar-refractivity contribution in [2.45, 2.75) is 78.1 Å². The minimum Gasteiger partial charge on any atom is -0.0999 e.